The van der Waals surface area contributed by atoms with Crippen molar-refractivity contribution in [1.29, 1.82) is 0 Å². The Labute approximate surface area is 148 Å². The lowest BCUT2D eigenvalue weighted by molar-refractivity contribution is -0.134. The Morgan fingerprint density at radius 3 is 1.96 bits per heavy atom. The summed E-state index contributed by atoms with van der Waals surface area (Å²) in [5.74, 6) is 2.25. The van der Waals surface area contributed by atoms with Crippen molar-refractivity contribution < 1.29 is 19.0 Å². The maximum atomic E-state index is 12.6. The molecule has 1 aliphatic rings. The smallest absolute Gasteiger partial charge is 0.261 e. The van der Waals surface area contributed by atoms with Crippen LogP contribution in [0, 0.1) is 0 Å². The Kier molecular flexibility index (Phi) is 5.43. The van der Waals surface area contributed by atoms with Gasteiger partial charge < -0.3 is 19.1 Å². The minimum atomic E-state index is 0.00846. The summed E-state index contributed by atoms with van der Waals surface area (Å²) in [4.78, 5) is 14.5. The molecule has 2 aromatic carbocycles. The Hall–Kier alpha value is -2.69. The van der Waals surface area contributed by atoms with Crippen LogP contribution in [0.25, 0.3) is 0 Å². The molecule has 0 unspecified atom stereocenters. The standard InChI is InChI=1S/C20H23NO4/c1-23-17-7-3-15(4-8-17)13-21(16-5-6-16)20(22)14-25-19-11-9-18(24-2)10-12-19/h3-4,7-12,16H,5-6,13-14H2,1-2H3. The fourth-order valence-corrected chi connectivity index (χ4v) is 2.63. The summed E-state index contributed by atoms with van der Waals surface area (Å²) in [5.41, 5.74) is 1.09. The van der Waals surface area contributed by atoms with Gasteiger partial charge in [0.05, 0.1) is 14.2 Å². The lowest BCUT2D eigenvalue weighted by Crippen LogP contribution is -2.36. The normalized spacial score (nSPS) is 13.2. The summed E-state index contributed by atoms with van der Waals surface area (Å²) >= 11 is 0. The predicted molar refractivity (Wildman–Crippen MR) is 95.1 cm³/mol. The number of carbonyl (C=O) groups is 1. The van der Waals surface area contributed by atoms with Crippen molar-refractivity contribution in [1.82, 2.24) is 4.90 Å². The van der Waals surface area contributed by atoms with Crippen molar-refractivity contribution in [3.63, 3.8) is 0 Å². The molecule has 132 valence electrons. The van der Waals surface area contributed by atoms with Gasteiger partial charge in [-0.05, 0) is 54.8 Å². The third kappa shape index (κ3) is 4.66. The molecule has 5 nitrogen and oxygen atoms in total. The molecule has 1 fully saturated rings. The first kappa shape index (κ1) is 17.1. The van der Waals surface area contributed by atoms with Gasteiger partial charge in [-0.15, -0.1) is 0 Å². The average molecular weight is 341 g/mol. The molecule has 0 bridgehead atoms. The van der Waals surface area contributed by atoms with Crippen LogP contribution < -0.4 is 14.2 Å². The predicted octanol–water partition coefficient (Wildman–Crippen LogP) is 3.27. The first-order chi connectivity index (χ1) is 12.2. The van der Waals surface area contributed by atoms with Crippen molar-refractivity contribution in [2.45, 2.75) is 25.4 Å². The minimum absolute atomic E-state index is 0.00846. The number of benzene rings is 2. The molecule has 0 aliphatic heterocycles. The molecule has 0 saturated heterocycles. The molecule has 1 amide bonds. The molecule has 0 spiro atoms. The lowest BCUT2D eigenvalue weighted by Gasteiger charge is -2.23. The SMILES string of the molecule is COc1ccc(CN(C(=O)COc2ccc(OC)cc2)C2CC2)cc1. The first-order valence-electron chi connectivity index (χ1n) is 8.39. The third-order valence-electron chi connectivity index (χ3n) is 4.24. The maximum Gasteiger partial charge on any atom is 0.261 e. The molecule has 0 aromatic heterocycles. The summed E-state index contributed by atoms with van der Waals surface area (Å²) in [7, 11) is 3.26. The number of ether oxygens (including phenoxy) is 3. The molecule has 0 radical (unpaired) electrons. The highest BCUT2D eigenvalue weighted by molar-refractivity contribution is 5.78. The van der Waals surface area contributed by atoms with Crippen LogP contribution in [0.5, 0.6) is 17.2 Å². The second-order valence-corrected chi connectivity index (χ2v) is 6.07. The zero-order chi connectivity index (χ0) is 17.6. The number of hydrogen-bond acceptors (Lipinski definition) is 4. The minimum Gasteiger partial charge on any atom is -0.497 e. The van der Waals surface area contributed by atoms with Crippen LogP contribution in [0.2, 0.25) is 0 Å². The van der Waals surface area contributed by atoms with E-state index in [1.807, 2.05) is 41.3 Å². The lowest BCUT2D eigenvalue weighted by atomic mass is 10.2. The van der Waals surface area contributed by atoms with E-state index in [9.17, 15) is 4.79 Å². The summed E-state index contributed by atoms with van der Waals surface area (Å²) < 4.78 is 15.9. The van der Waals surface area contributed by atoms with Crippen LogP contribution in [-0.2, 0) is 11.3 Å². The molecule has 0 N–H and O–H groups in total. The van der Waals surface area contributed by atoms with E-state index in [0.717, 1.165) is 29.9 Å². The van der Waals surface area contributed by atoms with E-state index in [0.29, 0.717) is 18.3 Å². The van der Waals surface area contributed by atoms with Crippen LogP contribution in [0.4, 0.5) is 0 Å². The quantitative estimate of drug-likeness (QED) is 0.739. The number of nitrogens with zero attached hydrogens (tertiary/aromatic N) is 1. The van der Waals surface area contributed by atoms with E-state index in [1.165, 1.54) is 0 Å². The molecule has 0 heterocycles. The van der Waals surface area contributed by atoms with Crippen molar-refractivity contribution in [2.75, 3.05) is 20.8 Å². The van der Waals surface area contributed by atoms with E-state index < -0.39 is 0 Å². The molecule has 25 heavy (non-hydrogen) atoms. The Morgan fingerprint density at radius 1 is 0.920 bits per heavy atom. The molecular weight excluding hydrogens is 318 g/mol. The van der Waals surface area contributed by atoms with Crippen LogP contribution in [0.15, 0.2) is 48.5 Å². The summed E-state index contributed by atoms with van der Waals surface area (Å²) in [6.07, 6.45) is 2.12. The average Bonchev–Trinajstić information content (AvgIpc) is 3.50. The van der Waals surface area contributed by atoms with Gasteiger partial charge in [-0.2, -0.15) is 0 Å². The molecule has 5 heteroatoms. The highest BCUT2D eigenvalue weighted by atomic mass is 16.5. The van der Waals surface area contributed by atoms with Crippen molar-refractivity contribution in [2.24, 2.45) is 0 Å². The fraction of sp³-hybridized carbons (Fsp3) is 0.350. The van der Waals surface area contributed by atoms with Crippen molar-refractivity contribution in [3.8, 4) is 17.2 Å². The highest BCUT2D eigenvalue weighted by Crippen LogP contribution is 2.29. The zero-order valence-corrected chi connectivity index (χ0v) is 14.6. The van der Waals surface area contributed by atoms with Crippen LogP contribution in [-0.4, -0.2) is 37.7 Å². The van der Waals surface area contributed by atoms with E-state index in [4.69, 9.17) is 14.2 Å². The Bertz CT molecular complexity index is 693. The number of methoxy groups -OCH3 is 2. The molecule has 2 aromatic rings. The van der Waals surface area contributed by atoms with Gasteiger partial charge in [0.15, 0.2) is 6.61 Å². The van der Waals surface area contributed by atoms with Gasteiger partial charge in [0.2, 0.25) is 0 Å². The van der Waals surface area contributed by atoms with Gasteiger partial charge in [-0.25, -0.2) is 0 Å². The zero-order valence-electron chi connectivity index (χ0n) is 14.6. The fourth-order valence-electron chi connectivity index (χ4n) is 2.63. The van der Waals surface area contributed by atoms with Gasteiger partial charge in [0, 0.05) is 12.6 Å². The molecule has 3 rings (SSSR count). The second kappa shape index (κ2) is 7.92. The number of hydrogen-bond donors (Lipinski definition) is 0. The number of carbonyl (C=O) groups excluding carboxylic acids is 1. The van der Waals surface area contributed by atoms with Gasteiger partial charge >= 0.3 is 0 Å². The third-order valence-corrected chi connectivity index (χ3v) is 4.24. The van der Waals surface area contributed by atoms with Gasteiger partial charge in [-0.1, -0.05) is 12.1 Å². The van der Waals surface area contributed by atoms with Crippen LogP contribution in [0.3, 0.4) is 0 Å². The summed E-state index contributed by atoms with van der Waals surface area (Å²) in [6.45, 7) is 0.637. The maximum absolute atomic E-state index is 12.6. The monoisotopic (exact) mass is 341 g/mol. The van der Waals surface area contributed by atoms with E-state index in [1.54, 1.807) is 26.4 Å². The van der Waals surface area contributed by atoms with Crippen molar-refractivity contribution in [3.05, 3.63) is 54.1 Å². The number of amides is 1. The second-order valence-electron chi connectivity index (χ2n) is 6.07. The van der Waals surface area contributed by atoms with Gasteiger partial charge in [0.25, 0.3) is 5.91 Å². The molecule has 1 saturated carbocycles. The van der Waals surface area contributed by atoms with Crippen molar-refractivity contribution >= 4 is 5.91 Å². The highest BCUT2D eigenvalue weighted by Gasteiger charge is 2.32. The van der Waals surface area contributed by atoms with Gasteiger partial charge in [0.1, 0.15) is 17.2 Å². The van der Waals surface area contributed by atoms with E-state index in [-0.39, 0.29) is 12.5 Å². The topological polar surface area (TPSA) is 48.0 Å². The molecular formula is C20H23NO4. The molecule has 0 atom stereocenters. The van der Waals surface area contributed by atoms with E-state index in [2.05, 4.69) is 0 Å². The largest absolute Gasteiger partial charge is 0.497 e. The van der Waals surface area contributed by atoms with Gasteiger partial charge in [-0.3, -0.25) is 4.79 Å². The summed E-state index contributed by atoms with van der Waals surface area (Å²) in [6, 6.07) is 15.4. The van der Waals surface area contributed by atoms with E-state index >= 15 is 0 Å². The first-order valence-corrected chi connectivity index (χ1v) is 8.39. The number of rotatable bonds is 8. The van der Waals surface area contributed by atoms with Crippen LogP contribution in [0.1, 0.15) is 18.4 Å². The van der Waals surface area contributed by atoms with Crippen LogP contribution >= 0.6 is 0 Å². The summed E-state index contributed by atoms with van der Waals surface area (Å²) in [5, 5.41) is 0. The Morgan fingerprint density at radius 2 is 1.44 bits per heavy atom. The molecule has 1 aliphatic carbocycles. The Balaban J connectivity index is 1.58.